The van der Waals surface area contributed by atoms with Gasteiger partial charge in [0, 0.05) is 55.3 Å². The second-order valence-corrected chi connectivity index (χ2v) is 9.80. The first-order chi connectivity index (χ1) is 17.1. The molecule has 1 N–H and O–H groups in total. The van der Waals surface area contributed by atoms with Crippen LogP contribution >= 0.6 is 11.9 Å². The summed E-state index contributed by atoms with van der Waals surface area (Å²) in [6.07, 6.45) is 3.15. The van der Waals surface area contributed by atoms with Gasteiger partial charge in [0.05, 0.1) is 24.4 Å². The summed E-state index contributed by atoms with van der Waals surface area (Å²) in [7, 11) is 1.88. The smallest absolute Gasteiger partial charge is 0.271 e. The Bertz CT molecular complexity index is 1310. The number of morpholine rings is 1. The molecule has 3 heterocycles. The highest BCUT2D eigenvalue weighted by atomic mass is 32.2. The van der Waals surface area contributed by atoms with Gasteiger partial charge >= 0.3 is 0 Å². The van der Waals surface area contributed by atoms with E-state index in [1.165, 1.54) is 10.5 Å². The van der Waals surface area contributed by atoms with Gasteiger partial charge in [-0.15, -0.1) is 0 Å². The molecule has 0 unspecified atom stereocenters. The molecule has 0 atom stereocenters. The van der Waals surface area contributed by atoms with E-state index in [0.717, 1.165) is 61.4 Å². The average molecular weight is 490 g/mol. The van der Waals surface area contributed by atoms with Gasteiger partial charge in [0.15, 0.2) is 5.69 Å². The van der Waals surface area contributed by atoms with Crippen molar-refractivity contribution in [2.45, 2.75) is 18.2 Å². The van der Waals surface area contributed by atoms with Crippen molar-refractivity contribution in [1.82, 2.24) is 24.0 Å². The highest BCUT2D eigenvalue weighted by molar-refractivity contribution is 7.98. The van der Waals surface area contributed by atoms with E-state index < -0.39 is 0 Å². The summed E-state index contributed by atoms with van der Waals surface area (Å²) in [5.74, 6) is -0.141. The Morgan fingerprint density at radius 3 is 2.66 bits per heavy atom. The number of hydrogen-bond acceptors (Lipinski definition) is 5. The normalized spacial score (nSPS) is 14.5. The molecule has 8 heteroatoms. The number of aryl methyl sites for hydroxylation is 2. The Hall–Kier alpha value is -3.07. The fourth-order valence-electron chi connectivity index (χ4n) is 4.35. The van der Waals surface area contributed by atoms with Crippen LogP contribution in [-0.4, -0.2) is 64.0 Å². The maximum atomic E-state index is 12.7. The van der Waals surface area contributed by atoms with Crippen molar-refractivity contribution in [3.8, 4) is 11.3 Å². The maximum Gasteiger partial charge on any atom is 0.271 e. The van der Waals surface area contributed by atoms with Gasteiger partial charge < -0.3 is 10.1 Å². The summed E-state index contributed by atoms with van der Waals surface area (Å²) in [6, 6.07) is 19.1. The van der Waals surface area contributed by atoms with Crippen LogP contribution in [0.1, 0.15) is 23.0 Å². The first-order valence-corrected chi connectivity index (χ1v) is 12.9. The van der Waals surface area contributed by atoms with Crippen LogP contribution in [0.25, 0.3) is 22.2 Å². The van der Waals surface area contributed by atoms with Crippen LogP contribution in [-0.2, 0) is 18.2 Å². The van der Waals surface area contributed by atoms with E-state index in [9.17, 15) is 4.79 Å². The molecule has 0 saturated carbocycles. The third-order valence-electron chi connectivity index (χ3n) is 6.42. The first-order valence-electron chi connectivity index (χ1n) is 12.1. The molecule has 1 aliphatic heterocycles. The quantitative estimate of drug-likeness (QED) is 0.402. The van der Waals surface area contributed by atoms with Crippen molar-refractivity contribution in [3.63, 3.8) is 0 Å². The van der Waals surface area contributed by atoms with Crippen molar-refractivity contribution < 1.29 is 9.53 Å². The lowest BCUT2D eigenvalue weighted by molar-refractivity contribution is 0.0383. The molecular weight excluding hydrogens is 458 g/mol. The number of rotatable bonds is 8. The molecule has 35 heavy (non-hydrogen) atoms. The number of aromatic nitrogens is 3. The van der Waals surface area contributed by atoms with E-state index >= 15 is 0 Å². The lowest BCUT2D eigenvalue weighted by atomic mass is 10.1. The Balaban J connectivity index is 1.27. The van der Waals surface area contributed by atoms with E-state index in [-0.39, 0.29) is 5.91 Å². The number of amides is 1. The molecule has 2 aromatic carbocycles. The minimum absolute atomic E-state index is 0.141. The zero-order valence-corrected chi connectivity index (χ0v) is 21.1. The summed E-state index contributed by atoms with van der Waals surface area (Å²) in [4.78, 5) is 16.2. The molecule has 0 bridgehead atoms. The maximum absolute atomic E-state index is 12.7. The summed E-state index contributed by atoms with van der Waals surface area (Å²) in [6.45, 7) is 6.94. The van der Waals surface area contributed by atoms with Gasteiger partial charge in [0.25, 0.3) is 5.91 Å². The summed E-state index contributed by atoms with van der Waals surface area (Å²) >= 11 is 1.71. The van der Waals surface area contributed by atoms with E-state index in [1.54, 1.807) is 16.6 Å². The highest BCUT2D eigenvalue weighted by Crippen LogP contribution is 2.30. The van der Waals surface area contributed by atoms with Gasteiger partial charge in [-0.2, -0.15) is 5.10 Å². The van der Waals surface area contributed by atoms with Crippen molar-refractivity contribution in [3.05, 3.63) is 72.1 Å². The summed E-state index contributed by atoms with van der Waals surface area (Å²) < 4.78 is 9.34. The third kappa shape index (κ3) is 5.45. The van der Waals surface area contributed by atoms with E-state index in [4.69, 9.17) is 4.74 Å². The van der Waals surface area contributed by atoms with Crippen molar-refractivity contribution in [2.24, 2.45) is 7.05 Å². The fourth-order valence-corrected chi connectivity index (χ4v) is 5.22. The molecule has 2 aromatic heterocycles. The monoisotopic (exact) mass is 489 g/mol. The fraction of sp³-hybridized carbons (Fsp3) is 0.333. The summed E-state index contributed by atoms with van der Waals surface area (Å²) in [5.41, 5.74) is 4.89. The molecule has 0 radical (unpaired) electrons. The van der Waals surface area contributed by atoms with Crippen LogP contribution in [0.3, 0.4) is 0 Å². The molecule has 182 valence electrons. The van der Waals surface area contributed by atoms with Crippen molar-refractivity contribution in [1.29, 1.82) is 0 Å². The molecular formula is C27H31N5O2S. The van der Waals surface area contributed by atoms with Crippen LogP contribution in [0.5, 0.6) is 0 Å². The zero-order valence-electron chi connectivity index (χ0n) is 20.2. The molecule has 5 rings (SSSR count). The predicted octanol–water partition coefficient (Wildman–Crippen LogP) is 4.22. The molecule has 1 aliphatic rings. The molecule has 0 spiro atoms. The first kappa shape index (κ1) is 23.7. The molecule has 1 fully saturated rings. The Morgan fingerprint density at radius 2 is 1.89 bits per heavy atom. The molecule has 4 aromatic rings. The molecule has 7 nitrogen and oxygen atoms in total. The molecule has 1 saturated heterocycles. The number of ether oxygens (including phenoxy) is 1. The van der Waals surface area contributed by atoms with E-state index in [1.807, 2.05) is 13.1 Å². The van der Waals surface area contributed by atoms with Crippen LogP contribution < -0.4 is 5.32 Å². The van der Waals surface area contributed by atoms with Crippen LogP contribution in [0.2, 0.25) is 0 Å². The zero-order chi connectivity index (χ0) is 24.2. The van der Waals surface area contributed by atoms with E-state index in [0.29, 0.717) is 12.2 Å². The minimum Gasteiger partial charge on any atom is -0.379 e. The number of fused-ring (bicyclic) bond motifs is 1. The summed E-state index contributed by atoms with van der Waals surface area (Å²) in [5, 5.41) is 8.62. The number of nitrogens with one attached hydrogen (secondary N) is 1. The molecule has 1 amide bonds. The number of benzene rings is 2. The van der Waals surface area contributed by atoms with Gasteiger partial charge in [-0.1, -0.05) is 25.1 Å². The topological polar surface area (TPSA) is 64.3 Å². The Morgan fingerprint density at radius 1 is 1.09 bits per heavy atom. The van der Waals surface area contributed by atoms with E-state index in [2.05, 4.69) is 80.9 Å². The van der Waals surface area contributed by atoms with Gasteiger partial charge in [-0.3, -0.25) is 18.3 Å². The van der Waals surface area contributed by atoms with Crippen LogP contribution in [0.4, 0.5) is 0 Å². The predicted molar refractivity (Wildman–Crippen MR) is 141 cm³/mol. The largest absolute Gasteiger partial charge is 0.379 e. The van der Waals surface area contributed by atoms with Gasteiger partial charge in [-0.25, -0.2) is 0 Å². The number of carbonyl (C=O) groups is 1. The van der Waals surface area contributed by atoms with Gasteiger partial charge in [0.2, 0.25) is 0 Å². The SMILES string of the molecule is CCc1ccc(Sn2ccc3cc(-c4cc(C(=O)NCCN5CCOCC5)nn4C)ccc32)cc1. The number of nitrogens with zero attached hydrogens (tertiary/aromatic N) is 4. The standard InChI is InChI=1S/C27H31N5O2S/c1-3-20-4-7-23(8-5-20)35-32-12-10-22-18-21(6-9-25(22)32)26-19-24(29-30(26)2)27(33)28-11-13-31-14-16-34-17-15-31/h4-10,12,18-19H,3,11,13-17H2,1-2H3,(H,28,33). The Kier molecular flexibility index (Phi) is 7.22. The van der Waals surface area contributed by atoms with Crippen molar-refractivity contribution >= 4 is 28.8 Å². The minimum atomic E-state index is -0.141. The Labute approximate surface area is 210 Å². The third-order valence-corrected chi connectivity index (χ3v) is 7.41. The lowest BCUT2D eigenvalue weighted by Crippen LogP contribution is -2.41. The van der Waals surface area contributed by atoms with Crippen molar-refractivity contribution in [2.75, 3.05) is 39.4 Å². The average Bonchev–Trinajstić information content (AvgIpc) is 3.48. The number of hydrogen-bond donors (Lipinski definition) is 1. The van der Waals surface area contributed by atoms with Crippen LogP contribution in [0.15, 0.2) is 65.7 Å². The second-order valence-electron chi connectivity index (χ2n) is 8.75. The van der Waals surface area contributed by atoms with Gasteiger partial charge in [0.1, 0.15) is 0 Å². The molecule has 0 aliphatic carbocycles. The number of carbonyl (C=O) groups excluding carboxylic acids is 1. The van der Waals surface area contributed by atoms with Gasteiger partial charge in [-0.05, 0) is 60.3 Å². The second kappa shape index (κ2) is 10.7. The lowest BCUT2D eigenvalue weighted by Gasteiger charge is -2.26. The highest BCUT2D eigenvalue weighted by Gasteiger charge is 2.16. The van der Waals surface area contributed by atoms with Crippen LogP contribution in [0, 0.1) is 0 Å².